The van der Waals surface area contributed by atoms with Gasteiger partial charge in [-0.2, -0.15) is 0 Å². The summed E-state index contributed by atoms with van der Waals surface area (Å²) in [5.74, 6) is 1.32. The largest absolute Gasteiger partial charge is 0.497 e. The number of aromatic nitrogens is 2. The summed E-state index contributed by atoms with van der Waals surface area (Å²) in [4.78, 5) is 25.1. The lowest BCUT2D eigenvalue weighted by atomic mass is 10.2. The highest BCUT2D eigenvalue weighted by atomic mass is 19.1. The number of methoxy groups -OCH3 is 1. The molecule has 0 bridgehead atoms. The van der Waals surface area contributed by atoms with Crippen molar-refractivity contribution in [3.8, 4) is 17.4 Å². The van der Waals surface area contributed by atoms with E-state index in [4.69, 9.17) is 9.47 Å². The van der Waals surface area contributed by atoms with Crippen LogP contribution in [0.1, 0.15) is 12.5 Å². The van der Waals surface area contributed by atoms with Gasteiger partial charge in [0.05, 0.1) is 7.11 Å². The number of aryl methyl sites for hydroxylation is 1. The fourth-order valence-electron chi connectivity index (χ4n) is 3.70. The van der Waals surface area contributed by atoms with E-state index in [1.165, 1.54) is 12.4 Å². The standard InChI is InChI=1S/C24H26FN5O3/c1-16-4-9-20(25)21(12-16)33-23-13-22(26-15-27-23)29-10-11-30(17(2)14-29)24(31)28-18-5-7-19(32-3)8-6-18/h4-9,12-13,15,17H,10-11,14H2,1-3H3,(H,28,31)/t17-/m1/s1. The molecular weight excluding hydrogens is 425 g/mol. The zero-order valence-corrected chi connectivity index (χ0v) is 18.8. The van der Waals surface area contributed by atoms with E-state index in [2.05, 4.69) is 20.2 Å². The third kappa shape index (κ3) is 5.31. The minimum Gasteiger partial charge on any atom is -0.497 e. The van der Waals surface area contributed by atoms with Crippen molar-refractivity contribution in [1.29, 1.82) is 0 Å². The normalized spacial score (nSPS) is 15.8. The summed E-state index contributed by atoms with van der Waals surface area (Å²) in [5, 5.41) is 2.93. The van der Waals surface area contributed by atoms with Gasteiger partial charge < -0.3 is 24.6 Å². The number of piperazine rings is 1. The van der Waals surface area contributed by atoms with Gasteiger partial charge in [-0.25, -0.2) is 19.2 Å². The number of halogens is 1. The number of urea groups is 1. The number of rotatable bonds is 5. The molecule has 1 aromatic heterocycles. The van der Waals surface area contributed by atoms with Crippen LogP contribution in [0.5, 0.6) is 17.4 Å². The van der Waals surface area contributed by atoms with Crippen LogP contribution in [0.2, 0.25) is 0 Å². The van der Waals surface area contributed by atoms with Gasteiger partial charge in [-0.15, -0.1) is 0 Å². The van der Waals surface area contributed by atoms with Gasteiger partial charge in [0.15, 0.2) is 11.6 Å². The van der Waals surface area contributed by atoms with Crippen LogP contribution in [0.4, 0.5) is 20.7 Å². The van der Waals surface area contributed by atoms with Crippen molar-refractivity contribution >= 4 is 17.5 Å². The monoisotopic (exact) mass is 451 g/mol. The molecule has 172 valence electrons. The van der Waals surface area contributed by atoms with Crippen LogP contribution >= 0.6 is 0 Å². The van der Waals surface area contributed by atoms with Crippen molar-refractivity contribution in [1.82, 2.24) is 14.9 Å². The molecular formula is C24H26FN5O3. The highest BCUT2D eigenvalue weighted by Gasteiger charge is 2.28. The molecule has 0 unspecified atom stereocenters. The van der Waals surface area contributed by atoms with E-state index in [0.29, 0.717) is 31.1 Å². The number of hydrogen-bond acceptors (Lipinski definition) is 6. The molecule has 0 saturated carbocycles. The third-order valence-electron chi connectivity index (χ3n) is 5.48. The Kier molecular flexibility index (Phi) is 6.58. The van der Waals surface area contributed by atoms with Crippen LogP contribution in [-0.4, -0.2) is 53.7 Å². The minimum atomic E-state index is -0.453. The first kappa shape index (κ1) is 22.3. The molecule has 9 heteroatoms. The van der Waals surface area contributed by atoms with Crippen LogP contribution in [0.3, 0.4) is 0 Å². The Morgan fingerprint density at radius 2 is 1.91 bits per heavy atom. The number of nitrogens with zero attached hydrogens (tertiary/aromatic N) is 4. The summed E-state index contributed by atoms with van der Waals surface area (Å²) < 4.78 is 24.8. The lowest BCUT2D eigenvalue weighted by molar-refractivity contribution is 0.184. The molecule has 1 atom stereocenters. The molecule has 0 spiro atoms. The van der Waals surface area contributed by atoms with E-state index in [0.717, 1.165) is 11.3 Å². The van der Waals surface area contributed by atoms with E-state index in [1.807, 2.05) is 13.8 Å². The maximum Gasteiger partial charge on any atom is 0.322 e. The molecule has 1 aliphatic heterocycles. The third-order valence-corrected chi connectivity index (χ3v) is 5.48. The van der Waals surface area contributed by atoms with Gasteiger partial charge in [-0.05, 0) is 55.8 Å². The molecule has 1 aliphatic rings. The number of hydrogen-bond donors (Lipinski definition) is 1. The summed E-state index contributed by atoms with van der Waals surface area (Å²) in [6.45, 7) is 5.56. The van der Waals surface area contributed by atoms with Crippen LogP contribution in [-0.2, 0) is 0 Å². The second-order valence-corrected chi connectivity index (χ2v) is 7.90. The number of carbonyl (C=O) groups is 1. The second kappa shape index (κ2) is 9.72. The van der Waals surface area contributed by atoms with Crippen molar-refractivity contribution < 1.29 is 18.7 Å². The van der Waals surface area contributed by atoms with Crippen LogP contribution < -0.4 is 19.7 Å². The van der Waals surface area contributed by atoms with Crippen LogP contribution in [0, 0.1) is 12.7 Å². The van der Waals surface area contributed by atoms with Gasteiger partial charge in [0.25, 0.3) is 0 Å². The lowest BCUT2D eigenvalue weighted by Crippen LogP contribution is -2.55. The topological polar surface area (TPSA) is 79.8 Å². The van der Waals surface area contributed by atoms with Gasteiger partial charge in [0.2, 0.25) is 5.88 Å². The van der Waals surface area contributed by atoms with Gasteiger partial charge in [0, 0.05) is 37.4 Å². The lowest BCUT2D eigenvalue weighted by Gasteiger charge is -2.40. The van der Waals surface area contributed by atoms with Gasteiger partial charge >= 0.3 is 6.03 Å². The number of benzene rings is 2. The number of anilines is 2. The highest BCUT2D eigenvalue weighted by Crippen LogP contribution is 2.27. The summed E-state index contributed by atoms with van der Waals surface area (Å²) in [7, 11) is 1.60. The Bertz CT molecular complexity index is 1130. The number of nitrogens with one attached hydrogen (secondary N) is 1. The summed E-state index contributed by atoms with van der Waals surface area (Å²) in [6, 6.07) is 13.3. The maximum atomic E-state index is 14.0. The fraction of sp³-hybridized carbons (Fsp3) is 0.292. The molecule has 33 heavy (non-hydrogen) atoms. The van der Waals surface area contributed by atoms with E-state index in [1.54, 1.807) is 54.5 Å². The quantitative estimate of drug-likeness (QED) is 0.617. The SMILES string of the molecule is COc1ccc(NC(=O)N2CCN(c3cc(Oc4cc(C)ccc4F)ncn3)C[C@H]2C)cc1. The molecule has 8 nitrogen and oxygen atoms in total. The van der Waals surface area contributed by atoms with Gasteiger partial charge in [-0.1, -0.05) is 6.07 Å². The molecule has 0 aliphatic carbocycles. The van der Waals surface area contributed by atoms with E-state index >= 15 is 0 Å². The number of ether oxygens (including phenoxy) is 2. The van der Waals surface area contributed by atoms with Crippen molar-refractivity contribution in [2.75, 3.05) is 37.0 Å². The van der Waals surface area contributed by atoms with Crippen molar-refractivity contribution in [3.63, 3.8) is 0 Å². The van der Waals surface area contributed by atoms with Gasteiger partial charge in [0.1, 0.15) is 17.9 Å². The Hall–Kier alpha value is -3.88. The molecule has 1 N–H and O–H groups in total. The average Bonchev–Trinajstić information content (AvgIpc) is 2.82. The Morgan fingerprint density at radius 3 is 2.64 bits per heavy atom. The summed E-state index contributed by atoms with van der Waals surface area (Å²) in [6.07, 6.45) is 1.39. The summed E-state index contributed by atoms with van der Waals surface area (Å²) >= 11 is 0. The molecule has 3 aromatic rings. The molecule has 2 heterocycles. The predicted octanol–water partition coefficient (Wildman–Crippen LogP) is 4.47. The Morgan fingerprint density at radius 1 is 1.12 bits per heavy atom. The molecule has 2 aromatic carbocycles. The first-order valence-electron chi connectivity index (χ1n) is 10.7. The second-order valence-electron chi connectivity index (χ2n) is 7.90. The van der Waals surface area contributed by atoms with E-state index in [-0.39, 0.29) is 23.7 Å². The van der Waals surface area contributed by atoms with E-state index in [9.17, 15) is 9.18 Å². The van der Waals surface area contributed by atoms with Gasteiger partial charge in [-0.3, -0.25) is 0 Å². The minimum absolute atomic E-state index is 0.0504. The first-order valence-corrected chi connectivity index (χ1v) is 10.7. The van der Waals surface area contributed by atoms with Crippen LogP contribution in [0.25, 0.3) is 0 Å². The molecule has 4 rings (SSSR count). The average molecular weight is 452 g/mol. The molecule has 1 saturated heterocycles. The number of carbonyl (C=O) groups excluding carboxylic acids is 1. The zero-order chi connectivity index (χ0) is 23.4. The number of amides is 2. The predicted molar refractivity (Wildman–Crippen MR) is 124 cm³/mol. The molecule has 0 radical (unpaired) electrons. The smallest absolute Gasteiger partial charge is 0.322 e. The van der Waals surface area contributed by atoms with Crippen molar-refractivity contribution in [2.24, 2.45) is 0 Å². The maximum absolute atomic E-state index is 14.0. The molecule has 1 fully saturated rings. The zero-order valence-electron chi connectivity index (χ0n) is 18.8. The Labute approximate surface area is 192 Å². The fourth-order valence-corrected chi connectivity index (χ4v) is 3.70. The van der Waals surface area contributed by atoms with Crippen LogP contribution in [0.15, 0.2) is 54.9 Å². The van der Waals surface area contributed by atoms with Crippen molar-refractivity contribution in [2.45, 2.75) is 19.9 Å². The molecule has 2 amide bonds. The summed E-state index contributed by atoms with van der Waals surface area (Å²) in [5.41, 5.74) is 1.59. The highest BCUT2D eigenvalue weighted by molar-refractivity contribution is 5.89. The Balaban J connectivity index is 1.39. The first-order chi connectivity index (χ1) is 15.9. The van der Waals surface area contributed by atoms with Crippen molar-refractivity contribution in [3.05, 3.63) is 66.2 Å². The van der Waals surface area contributed by atoms with E-state index < -0.39 is 5.82 Å².